The van der Waals surface area contributed by atoms with E-state index in [1.54, 1.807) is 24.3 Å². The Hall–Kier alpha value is -0.730. The molecule has 1 rings (SSSR count). The van der Waals surface area contributed by atoms with Crippen molar-refractivity contribution in [2.24, 2.45) is 0 Å². The van der Waals surface area contributed by atoms with Gasteiger partial charge in [-0.25, -0.2) is 0 Å². The first-order valence-electron chi connectivity index (χ1n) is 4.76. The van der Waals surface area contributed by atoms with E-state index in [9.17, 15) is 4.79 Å². The lowest BCUT2D eigenvalue weighted by Crippen LogP contribution is -2.32. The molecular formula is C11H13Cl2NO. The van der Waals surface area contributed by atoms with Crippen molar-refractivity contribution in [3.8, 4) is 0 Å². The summed E-state index contributed by atoms with van der Waals surface area (Å²) in [5.41, 5.74) is 0.573. The van der Waals surface area contributed by atoms with Crippen LogP contribution in [-0.4, -0.2) is 17.8 Å². The molecule has 2 nitrogen and oxygen atoms in total. The van der Waals surface area contributed by atoms with Crippen LogP contribution < -0.4 is 5.32 Å². The van der Waals surface area contributed by atoms with Crippen molar-refractivity contribution >= 4 is 29.1 Å². The molecule has 0 fully saturated rings. The van der Waals surface area contributed by atoms with Crippen molar-refractivity contribution < 1.29 is 4.79 Å². The molecule has 0 bridgehead atoms. The highest BCUT2D eigenvalue weighted by atomic mass is 35.5. The average molecular weight is 246 g/mol. The van der Waals surface area contributed by atoms with E-state index in [0.29, 0.717) is 16.5 Å². The maximum atomic E-state index is 11.7. The maximum Gasteiger partial charge on any atom is 0.251 e. The van der Waals surface area contributed by atoms with Gasteiger partial charge in [-0.1, -0.05) is 17.7 Å². The van der Waals surface area contributed by atoms with Gasteiger partial charge in [0.2, 0.25) is 0 Å². The summed E-state index contributed by atoms with van der Waals surface area (Å²) < 4.78 is 0. The number of halogens is 2. The molecule has 0 aromatic heterocycles. The molecule has 1 aromatic rings. The van der Waals surface area contributed by atoms with Gasteiger partial charge in [-0.15, -0.1) is 11.6 Å². The van der Waals surface area contributed by atoms with Crippen LogP contribution in [0.5, 0.6) is 0 Å². The second-order valence-electron chi connectivity index (χ2n) is 3.36. The lowest BCUT2D eigenvalue weighted by atomic mass is 10.2. The number of carbonyl (C=O) groups excluding carboxylic acids is 1. The van der Waals surface area contributed by atoms with Crippen LogP contribution in [0.25, 0.3) is 0 Å². The van der Waals surface area contributed by atoms with Crippen molar-refractivity contribution in [1.29, 1.82) is 0 Å². The molecule has 82 valence electrons. The smallest absolute Gasteiger partial charge is 0.251 e. The molecule has 4 heteroatoms. The molecule has 0 saturated carbocycles. The van der Waals surface area contributed by atoms with Crippen LogP contribution >= 0.6 is 23.2 Å². The summed E-state index contributed by atoms with van der Waals surface area (Å²) >= 11 is 11.4. The molecule has 1 N–H and O–H groups in total. The molecule has 0 spiro atoms. The molecule has 1 aromatic carbocycles. The lowest BCUT2D eigenvalue weighted by Gasteiger charge is -2.12. The highest BCUT2D eigenvalue weighted by Crippen LogP contribution is 2.10. The van der Waals surface area contributed by atoms with E-state index in [1.165, 1.54) is 0 Å². The van der Waals surface area contributed by atoms with Gasteiger partial charge in [0.05, 0.1) is 0 Å². The Morgan fingerprint density at radius 1 is 1.53 bits per heavy atom. The van der Waals surface area contributed by atoms with Gasteiger partial charge in [0, 0.05) is 22.5 Å². The highest BCUT2D eigenvalue weighted by molar-refractivity contribution is 6.30. The topological polar surface area (TPSA) is 29.1 Å². The molecule has 0 aliphatic rings. The van der Waals surface area contributed by atoms with Crippen LogP contribution in [0.4, 0.5) is 0 Å². The maximum absolute atomic E-state index is 11.7. The zero-order chi connectivity index (χ0) is 11.3. The van der Waals surface area contributed by atoms with Crippen LogP contribution in [0.2, 0.25) is 5.02 Å². The van der Waals surface area contributed by atoms with Gasteiger partial charge in [-0.2, -0.15) is 0 Å². The zero-order valence-electron chi connectivity index (χ0n) is 8.47. The van der Waals surface area contributed by atoms with Gasteiger partial charge in [-0.3, -0.25) is 4.79 Å². The largest absolute Gasteiger partial charge is 0.350 e. The highest BCUT2D eigenvalue weighted by Gasteiger charge is 2.09. The first-order valence-corrected chi connectivity index (χ1v) is 5.67. The molecule has 0 radical (unpaired) electrons. The third-order valence-electron chi connectivity index (χ3n) is 2.01. The molecule has 0 aliphatic carbocycles. The van der Waals surface area contributed by atoms with Crippen LogP contribution in [0.1, 0.15) is 23.7 Å². The van der Waals surface area contributed by atoms with E-state index in [1.807, 2.05) is 6.92 Å². The average Bonchev–Trinajstić information content (AvgIpc) is 2.18. The zero-order valence-corrected chi connectivity index (χ0v) is 9.98. The van der Waals surface area contributed by atoms with Gasteiger partial charge < -0.3 is 5.32 Å². The Kier molecular flexibility index (Phi) is 4.92. The number of carbonyl (C=O) groups is 1. The molecule has 0 aliphatic heterocycles. The summed E-state index contributed by atoms with van der Waals surface area (Å²) in [5, 5.41) is 3.40. The van der Waals surface area contributed by atoms with Crippen molar-refractivity contribution in [3.63, 3.8) is 0 Å². The number of rotatable bonds is 4. The standard InChI is InChI=1S/C11H13Cl2NO/c1-8(5-6-12)14-11(15)9-3-2-4-10(13)7-9/h2-4,7-8H,5-6H2,1H3,(H,14,15). The fourth-order valence-electron chi connectivity index (χ4n) is 1.17. The van der Waals surface area contributed by atoms with Gasteiger partial charge >= 0.3 is 0 Å². The SMILES string of the molecule is CC(CCCl)NC(=O)c1cccc(Cl)c1. The van der Waals surface area contributed by atoms with E-state index in [4.69, 9.17) is 23.2 Å². The van der Waals surface area contributed by atoms with Crippen LogP contribution in [0, 0.1) is 0 Å². The van der Waals surface area contributed by atoms with E-state index in [0.717, 1.165) is 6.42 Å². The monoisotopic (exact) mass is 245 g/mol. The molecule has 1 atom stereocenters. The number of benzene rings is 1. The van der Waals surface area contributed by atoms with Gasteiger partial charge in [0.25, 0.3) is 5.91 Å². The Morgan fingerprint density at radius 3 is 2.87 bits per heavy atom. The minimum atomic E-state index is -0.116. The predicted octanol–water partition coefficient (Wildman–Crippen LogP) is 3.09. The molecule has 0 saturated heterocycles. The normalized spacial score (nSPS) is 12.2. The Morgan fingerprint density at radius 2 is 2.27 bits per heavy atom. The van der Waals surface area contributed by atoms with E-state index < -0.39 is 0 Å². The third-order valence-corrected chi connectivity index (χ3v) is 2.46. The Bertz CT molecular complexity index is 341. The molecule has 1 amide bonds. The first kappa shape index (κ1) is 12.3. The summed E-state index contributed by atoms with van der Waals surface area (Å²) in [6.45, 7) is 1.92. The third kappa shape index (κ3) is 4.10. The molecule has 15 heavy (non-hydrogen) atoms. The Balaban J connectivity index is 2.61. The summed E-state index contributed by atoms with van der Waals surface area (Å²) in [5.74, 6) is 0.423. The van der Waals surface area contributed by atoms with Crippen LogP contribution in [-0.2, 0) is 0 Å². The second-order valence-corrected chi connectivity index (χ2v) is 4.18. The van der Waals surface area contributed by atoms with E-state index in [-0.39, 0.29) is 11.9 Å². The second kappa shape index (κ2) is 5.99. The molecule has 0 heterocycles. The first-order chi connectivity index (χ1) is 7.13. The van der Waals surface area contributed by atoms with Gasteiger partial charge in [0.1, 0.15) is 0 Å². The van der Waals surface area contributed by atoms with Crippen LogP contribution in [0.3, 0.4) is 0 Å². The molecular weight excluding hydrogens is 233 g/mol. The Labute approximate surface area is 99.6 Å². The van der Waals surface area contributed by atoms with Crippen molar-refractivity contribution in [3.05, 3.63) is 34.9 Å². The predicted molar refractivity (Wildman–Crippen MR) is 63.7 cm³/mol. The summed E-state index contributed by atoms with van der Waals surface area (Å²) in [4.78, 5) is 11.7. The van der Waals surface area contributed by atoms with Gasteiger partial charge in [-0.05, 0) is 31.5 Å². The minimum Gasteiger partial charge on any atom is -0.350 e. The number of alkyl halides is 1. The molecule has 1 unspecified atom stereocenters. The lowest BCUT2D eigenvalue weighted by molar-refractivity contribution is 0.0939. The number of hydrogen-bond acceptors (Lipinski definition) is 1. The number of hydrogen-bond donors (Lipinski definition) is 1. The number of nitrogens with one attached hydrogen (secondary N) is 1. The summed E-state index contributed by atoms with van der Waals surface area (Å²) in [7, 11) is 0. The van der Waals surface area contributed by atoms with Crippen molar-refractivity contribution in [2.45, 2.75) is 19.4 Å². The van der Waals surface area contributed by atoms with Crippen molar-refractivity contribution in [1.82, 2.24) is 5.32 Å². The fourth-order valence-corrected chi connectivity index (χ4v) is 1.69. The van der Waals surface area contributed by atoms with E-state index >= 15 is 0 Å². The summed E-state index contributed by atoms with van der Waals surface area (Å²) in [6.07, 6.45) is 0.758. The number of amides is 1. The summed E-state index contributed by atoms with van der Waals surface area (Å²) in [6, 6.07) is 6.94. The van der Waals surface area contributed by atoms with E-state index in [2.05, 4.69) is 5.32 Å². The minimum absolute atomic E-state index is 0.0778. The quantitative estimate of drug-likeness (QED) is 0.812. The van der Waals surface area contributed by atoms with Crippen LogP contribution in [0.15, 0.2) is 24.3 Å². The van der Waals surface area contributed by atoms with Gasteiger partial charge in [0.15, 0.2) is 0 Å². The van der Waals surface area contributed by atoms with Crippen molar-refractivity contribution in [2.75, 3.05) is 5.88 Å². The fraction of sp³-hybridized carbons (Fsp3) is 0.364.